The molecule has 0 unspecified atom stereocenters. The molecule has 0 saturated carbocycles. The second-order valence-electron chi connectivity index (χ2n) is 8.65. The average Bonchev–Trinajstić information content (AvgIpc) is 3.69. The van der Waals surface area contributed by atoms with Crippen LogP contribution in [0.25, 0.3) is 0 Å². The maximum absolute atomic E-state index is 4.64. The minimum Gasteiger partial charge on any atom is -0.510 e. The summed E-state index contributed by atoms with van der Waals surface area (Å²) in [5.74, 6) is 3.63. The summed E-state index contributed by atoms with van der Waals surface area (Å²) in [6.07, 6.45) is 15.9. The van der Waals surface area contributed by atoms with Gasteiger partial charge in [0, 0.05) is 17.1 Å². The first kappa shape index (κ1) is 26.2. The summed E-state index contributed by atoms with van der Waals surface area (Å²) >= 11 is 0. The zero-order chi connectivity index (χ0) is 25.1. The summed E-state index contributed by atoms with van der Waals surface area (Å²) in [6, 6.07) is 12.0. The molecule has 37 heavy (non-hydrogen) atoms. The Hall–Kier alpha value is -3.82. The van der Waals surface area contributed by atoms with Gasteiger partial charge in [0.1, 0.15) is 23.3 Å². The molecular weight excluding hydrogens is 507 g/mol. The van der Waals surface area contributed by atoms with Crippen molar-refractivity contribution in [1.82, 2.24) is 29.6 Å². The van der Waals surface area contributed by atoms with Crippen LogP contribution in [0.1, 0.15) is 0 Å². The minimum atomic E-state index is 0. The smallest absolute Gasteiger partial charge is 0.106 e. The first-order valence-electron chi connectivity index (χ1n) is 11.5. The first-order valence-corrected chi connectivity index (χ1v) is 11.5. The third-order valence-corrected chi connectivity index (χ3v) is 5.57. The molecule has 195 valence electrons. The molecule has 0 N–H and O–H groups in total. The molecule has 4 aliphatic rings. The molecule has 0 amide bonds. The fraction of sp³-hybridized carbons (Fsp3) is 0.154. The summed E-state index contributed by atoms with van der Waals surface area (Å²) in [4.78, 5) is 25.2. The molecule has 2 aromatic heterocycles. The monoisotopic (exact) mass is 537 g/mol. The second-order valence-corrected chi connectivity index (χ2v) is 8.65. The van der Waals surface area contributed by atoms with Crippen molar-refractivity contribution in [3.8, 4) is 0 Å². The fourth-order valence-electron chi connectivity index (χ4n) is 3.74. The van der Waals surface area contributed by atoms with Gasteiger partial charge in [0.2, 0.25) is 0 Å². The summed E-state index contributed by atoms with van der Waals surface area (Å²) in [7, 11) is 7.97. The Kier molecular flexibility index (Phi) is 8.15. The summed E-state index contributed by atoms with van der Waals surface area (Å²) in [6.45, 7) is 7.95. The van der Waals surface area contributed by atoms with Gasteiger partial charge in [-0.2, -0.15) is 0 Å². The first-order chi connectivity index (χ1) is 17.4. The van der Waals surface area contributed by atoms with Crippen LogP contribution in [-0.2, 0) is 17.1 Å². The Morgan fingerprint density at radius 2 is 0.676 bits per heavy atom. The Balaban J connectivity index is 0.000000168. The maximum Gasteiger partial charge on any atom is 0.106 e. The number of rotatable bonds is 4. The molecule has 0 fully saturated rings. The van der Waals surface area contributed by atoms with E-state index in [4.69, 9.17) is 0 Å². The van der Waals surface area contributed by atoms with Crippen LogP contribution in [0.4, 0.5) is 23.3 Å². The molecule has 2 aromatic rings. The van der Waals surface area contributed by atoms with Gasteiger partial charge in [-0.05, 0) is 102 Å². The van der Waals surface area contributed by atoms with Crippen molar-refractivity contribution in [2.75, 3.05) is 47.8 Å². The molecule has 0 bridgehead atoms. The molecule has 0 spiro atoms. The predicted octanol–water partition coefficient (Wildman–Crippen LogP) is 3.53. The molecule has 11 heteroatoms. The van der Waals surface area contributed by atoms with E-state index in [1.165, 1.54) is 0 Å². The number of hydrogen-bond donors (Lipinski definition) is 0. The van der Waals surface area contributed by atoms with Crippen molar-refractivity contribution in [2.24, 2.45) is 0 Å². The van der Waals surface area contributed by atoms with Gasteiger partial charge in [0.05, 0.1) is 0 Å². The summed E-state index contributed by atoms with van der Waals surface area (Å²) in [5, 5.41) is 0. The quantitative estimate of drug-likeness (QED) is 0.428. The van der Waals surface area contributed by atoms with E-state index in [2.05, 4.69) is 9.97 Å². The van der Waals surface area contributed by atoms with Gasteiger partial charge >= 0.3 is 0 Å². The second kappa shape index (κ2) is 11.5. The Morgan fingerprint density at radius 1 is 0.432 bits per heavy atom. The van der Waals surface area contributed by atoms with Gasteiger partial charge in [-0.1, -0.05) is 12.1 Å². The van der Waals surface area contributed by atoms with Crippen LogP contribution >= 0.6 is 0 Å². The van der Waals surface area contributed by atoms with Gasteiger partial charge < -0.3 is 39.2 Å². The van der Waals surface area contributed by atoms with Crippen molar-refractivity contribution < 1.29 is 17.1 Å². The van der Waals surface area contributed by atoms with Gasteiger partial charge in [-0.3, -0.25) is 0 Å². The number of pyridine rings is 2. The molecular formula is C26H30MnN10-4. The number of anilines is 4. The predicted molar refractivity (Wildman–Crippen MR) is 143 cm³/mol. The van der Waals surface area contributed by atoms with E-state index >= 15 is 0 Å². The molecule has 0 atom stereocenters. The van der Waals surface area contributed by atoms with Crippen molar-refractivity contribution in [1.29, 1.82) is 0 Å². The van der Waals surface area contributed by atoms with Crippen molar-refractivity contribution in [3.05, 3.63) is 113 Å². The van der Waals surface area contributed by atoms with Gasteiger partial charge in [-0.15, -0.1) is 26.7 Å². The Bertz CT molecular complexity index is 1010. The van der Waals surface area contributed by atoms with Crippen molar-refractivity contribution in [3.63, 3.8) is 0 Å². The van der Waals surface area contributed by atoms with E-state index in [-0.39, 0.29) is 17.1 Å². The third-order valence-electron chi connectivity index (χ3n) is 5.57. The summed E-state index contributed by atoms with van der Waals surface area (Å²) < 4.78 is 0. The van der Waals surface area contributed by atoms with Crippen LogP contribution in [-0.4, -0.2) is 57.8 Å². The van der Waals surface area contributed by atoms with Crippen LogP contribution in [0.5, 0.6) is 0 Å². The third kappa shape index (κ3) is 6.31. The van der Waals surface area contributed by atoms with Crippen LogP contribution in [0.3, 0.4) is 0 Å². The minimum absolute atomic E-state index is 0. The molecule has 6 heterocycles. The fourth-order valence-corrected chi connectivity index (χ4v) is 3.74. The van der Waals surface area contributed by atoms with Crippen LogP contribution in [0, 0.1) is 26.7 Å². The number of hydrogen-bond acceptors (Lipinski definition) is 10. The standard InChI is InChI=1S/2C13H15N5.Mn/c2*1-15-6-8-17(10-15)12-4-3-5-13(14-12)18-9-7-16(2)11-18;/h2*3-11H,1-2H3;/q2*-2;. The molecule has 10 nitrogen and oxygen atoms in total. The van der Waals surface area contributed by atoms with Gasteiger partial charge in [0.25, 0.3) is 0 Å². The van der Waals surface area contributed by atoms with E-state index in [0.717, 1.165) is 23.3 Å². The van der Waals surface area contributed by atoms with Crippen molar-refractivity contribution >= 4 is 23.3 Å². The SMILES string of the molecule is CN1C=CN(c2cccc(N3C=CN(C)[CH-]3)n2)[CH-]1.CN1C=CN(c2cccc(N3C=CN(C)[CH-]3)n2)[CH-]1.[Mn]. The molecule has 0 aromatic carbocycles. The zero-order valence-electron chi connectivity index (χ0n) is 21.2. The largest absolute Gasteiger partial charge is 0.510 e. The van der Waals surface area contributed by atoms with Crippen LogP contribution in [0.15, 0.2) is 86.0 Å². The molecule has 0 aliphatic carbocycles. The van der Waals surface area contributed by atoms with E-state index in [1.54, 1.807) is 0 Å². The average molecular weight is 538 g/mol. The molecule has 1 radical (unpaired) electrons. The maximum atomic E-state index is 4.64. The molecule has 4 aliphatic heterocycles. The van der Waals surface area contributed by atoms with E-state index in [9.17, 15) is 0 Å². The molecule has 0 saturated heterocycles. The normalized spacial score (nSPS) is 17.8. The summed E-state index contributed by atoms with van der Waals surface area (Å²) in [5.41, 5.74) is 0. The van der Waals surface area contributed by atoms with Gasteiger partial charge in [0.15, 0.2) is 0 Å². The van der Waals surface area contributed by atoms with E-state index in [0.29, 0.717) is 0 Å². The Morgan fingerprint density at radius 3 is 0.865 bits per heavy atom. The number of nitrogens with zero attached hydrogens (tertiary/aromatic N) is 10. The zero-order valence-corrected chi connectivity index (χ0v) is 22.4. The molecule has 6 rings (SSSR count). The number of aromatic nitrogens is 2. The van der Waals surface area contributed by atoms with Crippen molar-refractivity contribution in [2.45, 2.75) is 0 Å². The van der Waals surface area contributed by atoms with Crippen LogP contribution < -0.4 is 19.6 Å². The topological polar surface area (TPSA) is 51.7 Å². The Labute approximate surface area is 230 Å². The van der Waals surface area contributed by atoms with Gasteiger partial charge in [-0.25, -0.2) is 9.97 Å². The van der Waals surface area contributed by atoms with E-state index in [1.807, 2.05) is 180 Å². The van der Waals surface area contributed by atoms with Crippen LogP contribution in [0.2, 0.25) is 0 Å². The van der Waals surface area contributed by atoms with E-state index < -0.39 is 0 Å².